The lowest BCUT2D eigenvalue weighted by molar-refractivity contribution is 0.397. The molecule has 2 N–H and O–H groups in total. The highest BCUT2D eigenvalue weighted by Crippen LogP contribution is 2.23. The van der Waals surface area contributed by atoms with E-state index in [4.69, 9.17) is 9.47 Å². The molecular formula is C20H20N6O2. The van der Waals surface area contributed by atoms with Gasteiger partial charge in [-0.3, -0.25) is 0 Å². The Hall–Kier alpha value is -3.68. The number of nitrogens with zero attached hydrogens (tertiary/aromatic N) is 4. The Morgan fingerprint density at radius 1 is 0.929 bits per heavy atom. The Morgan fingerprint density at radius 2 is 1.75 bits per heavy atom. The van der Waals surface area contributed by atoms with E-state index in [0.29, 0.717) is 24.8 Å². The largest absolute Gasteiger partial charge is 0.495 e. The molecule has 0 atom stereocenters. The first-order chi connectivity index (χ1) is 13.7. The monoisotopic (exact) mass is 376 g/mol. The van der Waals surface area contributed by atoms with Crippen LogP contribution in [0.2, 0.25) is 0 Å². The maximum atomic E-state index is 5.27. The summed E-state index contributed by atoms with van der Waals surface area (Å²) >= 11 is 0. The molecule has 4 heterocycles. The SMILES string of the molecule is COc1cnc2[nH]cc(Cc3cnc(NCc4ccc(OC)nc4)nc3)c2c1. The summed E-state index contributed by atoms with van der Waals surface area (Å²) in [7, 11) is 3.23. The van der Waals surface area contributed by atoms with Gasteiger partial charge in [-0.15, -0.1) is 0 Å². The molecule has 0 fully saturated rings. The number of hydrogen-bond donors (Lipinski definition) is 2. The molecule has 0 spiro atoms. The number of rotatable bonds is 7. The minimum Gasteiger partial charge on any atom is -0.495 e. The van der Waals surface area contributed by atoms with Crippen LogP contribution in [0, 0.1) is 0 Å². The van der Waals surface area contributed by atoms with Gasteiger partial charge in [0, 0.05) is 49.2 Å². The molecule has 0 aliphatic carbocycles. The van der Waals surface area contributed by atoms with Crippen LogP contribution in [0.5, 0.6) is 11.6 Å². The molecule has 0 unspecified atom stereocenters. The second-order valence-electron chi connectivity index (χ2n) is 6.24. The summed E-state index contributed by atoms with van der Waals surface area (Å²) in [6, 6.07) is 5.76. The quantitative estimate of drug-likeness (QED) is 0.512. The number of nitrogens with one attached hydrogen (secondary N) is 2. The number of pyridine rings is 2. The number of aromatic amines is 1. The normalized spacial score (nSPS) is 10.8. The topological polar surface area (TPSA) is 97.8 Å². The summed E-state index contributed by atoms with van der Waals surface area (Å²) in [6.45, 7) is 0.588. The van der Waals surface area contributed by atoms with Gasteiger partial charge in [0.15, 0.2) is 0 Å². The van der Waals surface area contributed by atoms with Crippen molar-refractivity contribution in [1.29, 1.82) is 0 Å². The smallest absolute Gasteiger partial charge is 0.222 e. The average Bonchev–Trinajstić information content (AvgIpc) is 3.15. The summed E-state index contributed by atoms with van der Waals surface area (Å²) in [4.78, 5) is 20.5. The molecule has 4 rings (SSSR count). The number of fused-ring (bicyclic) bond motifs is 1. The van der Waals surface area contributed by atoms with Gasteiger partial charge in [-0.25, -0.2) is 19.9 Å². The van der Waals surface area contributed by atoms with Gasteiger partial charge in [-0.1, -0.05) is 6.07 Å². The third-order valence-corrected chi connectivity index (χ3v) is 4.38. The first kappa shape index (κ1) is 17.7. The van der Waals surface area contributed by atoms with Crippen LogP contribution >= 0.6 is 0 Å². The van der Waals surface area contributed by atoms with Gasteiger partial charge < -0.3 is 19.8 Å². The van der Waals surface area contributed by atoms with Crippen molar-refractivity contribution in [1.82, 2.24) is 24.9 Å². The molecule has 142 valence electrons. The summed E-state index contributed by atoms with van der Waals surface area (Å²) in [5, 5.41) is 4.23. The van der Waals surface area contributed by atoms with Crippen LogP contribution in [-0.2, 0) is 13.0 Å². The average molecular weight is 376 g/mol. The fraction of sp³-hybridized carbons (Fsp3) is 0.200. The van der Waals surface area contributed by atoms with E-state index in [1.807, 2.05) is 36.8 Å². The van der Waals surface area contributed by atoms with Crippen LogP contribution in [0.1, 0.15) is 16.7 Å². The molecule has 4 aromatic heterocycles. The van der Waals surface area contributed by atoms with Gasteiger partial charge in [0.25, 0.3) is 0 Å². The zero-order valence-corrected chi connectivity index (χ0v) is 15.6. The molecule has 28 heavy (non-hydrogen) atoms. The first-order valence-electron chi connectivity index (χ1n) is 8.79. The Balaban J connectivity index is 1.41. The zero-order chi connectivity index (χ0) is 19.3. The zero-order valence-electron chi connectivity index (χ0n) is 15.6. The van der Waals surface area contributed by atoms with Crippen LogP contribution in [0.25, 0.3) is 11.0 Å². The Bertz CT molecular complexity index is 1060. The molecule has 0 aromatic carbocycles. The fourth-order valence-electron chi connectivity index (χ4n) is 2.87. The van der Waals surface area contributed by atoms with Crippen molar-refractivity contribution < 1.29 is 9.47 Å². The van der Waals surface area contributed by atoms with Crippen molar-refractivity contribution in [2.45, 2.75) is 13.0 Å². The molecule has 0 saturated carbocycles. The lowest BCUT2D eigenvalue weighted by atomic mass is 10.1. The Kier molecular flexibility index (Phi) is 5.01. The van der Waals surface area contributed by atoms with Crippen molar-refractivity contribution in [3.8, 4) is 11.6 Å². The minimum absolute atomic E-state index is 0.571. The van der Waals surface area contributed by atoms with Gasteiger partial charge in [-0.2, -0.15) is 0 Å². The lowest BCUT2D eigenvalue weighted by Crippen LogP contribution is -2.04. The van der Waals surface area contributed by atoms with E-state index < -0.39 is 0 Å². The molecule has 0 bridgehead atoms. The van der Waals surface area contributed by atoms with Gasteiger partial charge in [0.05, 0.1) is 20.4 Å². The van der Waals surface area contributed by atoms with Crippen molar-refractivity contribution >= 4 is 17.0 Å². The molecule has 8 heteroatoms. The van der Waals surface area contributed by atoms with E-state index in [1.54, 1.807) is 26.6 Å². The summed E-state index contributed by atoms with van der Waals surface area (Å²) in [6.07, 6.45) is 9.78. The number of hydrogen-bond acceptors (Lipinski definition) is 7. The van der Waals surface area contributed by atoms with Crippen LogP contribution in [0.15, 0.2) is 49.2 Å². The van der Waals surface area contributed by atoms with Crippen molar-refractivity contribution in [2.24, 2.45) is 0 Å². The highest BCUT2D eigenvalue weighted by atomic mass is 16.5. The molecule has 0 amide bonds. The van der Waals surface area contributed by atoms with Crippen LogP contribution in [0.3, 0.4) is 0 Å². The molecular weight excluding hydrogens is 356 g/mol. The van der Waals surface area contributed by atoms with Gasteiger partial charge >= 0.3 is 0 Å². The Morgan fingerprint density at radius 3 is 2.46 bits per heavy atom. The maximum Gasteiger partial charge on any atom is 0.222 e. The number of H-pyrrole nitrogens is 1. The van der Waals surface area contributed by atoms with Crippen LogP contribution in [-0.4, -0.2) is 39.1 Å². The predicted molar refractivity (Wildman–Crippen MR) is 106 cm³/mol. The minimum atomic E-state index is 0.571. The van der Waals surface area contributed by atoms with Crippen molar-refractivity contribution in [3.63, 3.8) is 0 Å². The second kappa shape index (κ2) is 7.91. The van der Waals surface area contributed by atoms with Gasteiger partial charge in [0.2, 0.25) is 11.8 Å². The summed E-state index contributed by atoms with van der Waals surface area (Å²) in [5.74, 6) is 1.90. The standard InChI is InChI=1S/C20H20N6O2/c1-27-16-6-17-15(11-22-19(17)23-12-16)5-14-9-25-20(26-10-14)24-8-13-3-4-18(28-2)21-7-13/h3-4,6-7,9-12H,5,8H2,1-2H3,(H,22,23)(H,24,25,26). The maximum absolute atomic E-state index is 5.27. The molecule has 0 radical (unpaired) electrons. The highest BCUT2D eigenvalue weighted by molar-refractivity contribution is 5.81. The van der Waals surface area contributed by atoms with Crippen LogP contribution in [0.4, 0.5) is 5.95 Å². The van der Waals surface area contributed by atoms with E-state index in [2.05, 4.69) is 30.2 Å². The van der Waals surface area contributed by atoms with E-state index in [9.17, 15) is 0 Å². The second-order valence-corrected chi connectivity index (χ2v) is 6.24. The third kappa shape index (κ3) is 3.85. The Labute approximate surface area is 162 Å². The molecule has 0 aliphatic rings. The predicted octanol–water partition coefficient (Wildman–Crippen LogP) is 2.97. The van der Waals surface area contributed by atoms with Gasteiger partial charge in [-0.05, 0) is 22.8 Å². The number of methoxy groups -OCH3 is 2. The molecule has 0 saturated heterocycles. The summed E-state index contributed by atoms with van der Waals surface area (Å²) < 4.78 is 10.3. The van der Waals surface area contributed by atoms with E-state index in [1.165, 1.54) is 0 Å². The van der Waals surface area contributed by atoms with E-state index >= 15 is 0 Å². The summed E-state index contributed by atoms with van der Waals surface area (Å²) in [5.41, 5.74) is 3.99. The fourth-order valence-corrected chi connectivity index (χ4v) is 2.87. The molecule has 0 aliphatic heterocycles. The van der Waals surface area contributed by atoms with Crippen molar-refractivity contribution in [2.75, 3.05) is 19.5 Å². The highest BCUT2D eigenvalue weighted by Gasteiger charge is 2.08. The van der Waals surface area contributed by atoms with E-state index in [0.717, 1.165) is 33.5 Å². The number of ether oxygens (including phenoxy) is 2. The first-order valence-corrected chi connectivity index (χ1v) is 8.79. The van der Waals surface area contributed by atoms with Gasteiger partial charge in [0.1, 0.15) is 11.4 Å². The lowest BCUT2D eigenvalue weighted by Gasteiger charge is -2.06. The number of anilines is 1. The third-order valence-electron chi connectivity index (χ3n) is 4.38. The molecule has 8 nitrogen and oxygen atoms in total. The molecule has 4 aromatic rings. The van der Waals surface area contributed by atoms with Crippen LogP contribution < -0.4 is 14.8 Å². The van der Waals surface area contributed by atoms with E-state index in [-0.39, 0.29) is 0 Å². The number of aromatic nitrogens is 5. The van der Waals surface area contributed by atoms with Crippen molar-refractivity contribution in [3.05, 3.63) is 65.9 Å².